The molecule has 0 aromatic heterocycles. The Bertz CT molecular complexity index is 627. The highest BCUT2D eigenvalue weighted by Gasteiger charge is 2.52. The summed E-state index contributed by atoms with van der Waals surface area (Å²) in [4.78, 5) is 35.0. The summed E-state index contributed by atoms with van der Waals surface area (Å²) < 4.78 is 2.11. The van der Waals surface area contributed by atoms with Crippen molar-refractivity contribution in [3.8, 4) is 0 Å². The number of imide groups is 1. The molecule has 2 fully saturated rings. The molecule has 3 aliphatic rings. The highest BCUT2D eigenvalue weighted by atomic mass is 16.2. The number of hydrogen-bond donors (Lipinski definition) is 0. The first-order valence-corrected chi connectivity index (χ1v) is 9.49. The van der Waals surface area contributed by atoms with Crippen molar-refractivity contribution >= 4 is 23.6 Å². The molecule has 138 valence electrons. The Kier molecular flexibility index (Phi) is 5.22. The van der Waals surface area contributed by atoms with Crippen molar-refractivity contribution in [2.75, 3.05) is 33.7 Å². The van der Waals surface area contributed by atoms with Gasteiger partial charge in [-0.2, -0.15) is 0 Å². The first-order chi connectivity index (χ1) is 12.0. The zero-order valence-corrected chi connectivity index (χ0v) is 15.9. The number of amides is 3. The molecule has 0 bridgehead atoms. The summed E-state index contributed by atoms with van der Waals surface area (Å²) in [6.45, 7) is 6.97. The van der Waals surface area contributed by atoms with Crippen molar-refractivity contribution in [1.82, 2.24) is 14.7 Å². The van der Waals surface area contributed by atoms with E-state index < -0.39 is 6.04 Å². The fourth-order valence-corrected chi connectivity index (χ4v) is 4.19. The van der Waals surface area contributed by atoms with Gasteiger partial charge in [-0.05, 0) is 37.2 Å². The zero-order valence-electron chi connectivity index (χ0n) is 15.9. The van der Waals surface area contributed by atoms with Crippen LogP contribution in [0.2, 0.25) is 0 Å². The quantitative estimate of drug-likeness (QED) is 0.705. The molecule has 3 rings (SSSR count). The molecular formula is C18H30N5O2+. The maximum Gasteiger partial charge on any atom is 0.333 e. The minimum atomic E-state index is -0.451. The monoisotopic (exact) mass is 348 g/mol. The molecule has 0 aromatic rings. The largest absolute Gasteiger partial charge is 0.333 e. The molecule has 0 aliphatic carbocycles. The predicted molar refractivity (Wildman–Crippen MR) is 97.1 cm³/mol. The van der Waals surface area contributed by atoms with Crippen LogP contribution in [-0.4, -0.2) is 88.7 Å². The van der Waals surface area contributed by atoms with Gasteiger partial charge in [0.15, 0.2) is 0 Å². The van der Waals surface area contributed by atoms with E-state index in [1.165, 1.54) is 29.1 Å². The number of carbonyl (C=O) groups is 2. The molecule has 0 N–H and O–H groups in total. The SMILES string of the molecule is CCC[N+]1=C(CN2CCCCC2CC)N=C2C1C(=O)N(C)C(=O)N2C. The molecule has 0 aromatic carbocycles. The second-order valence-corrected chi connectivity index (χ2v) is 7.25. The molecule has 3 amide bonds. The molecule has 7 nitrogen and oxygen atoms in total. The average molecular weight is 348 g/mol. The van der Waals surface area contributed by atoms with E-state index in [-0.39, 0.29) is 11.9 Å². The third-order valence-electron chi connectivity index (χ3n) is 5.64. The molecule has 0 radical (unpaired) electrons. The number of urea groups is 1. The van der Waals surface area contributed by atoms with Crippen LogP contribution in [0.3, 0.4) is 0 Å². The number of carbonyl (C=O) groups excluding carboxylic acids is 2. The van der Waals surface area contributed by atoms with Gasteiger partial charge in [-0.15, -0.1) is 0 Å². The highest BCUT2D eigenvalue weighted by Crippen LogP contribution is 2.23. The molecule has 0 spiro atoms. The second kappa shape index (κ2) is 7.23. The molecule has 3 aliphatic heterocycles. The number of piperidine rings is 1. The summed E-state index contributed by atoms with van der Waals surface area (Å²) >= 11 is 0. The predicted octanol–water partition coefficient (Wildman–Crippen LogP) is 1.38. The summed E-state index contributed by atoms with van der Waals surface area (Å²) in [5, 5.41) is 0. The number of likely N-dealkylation sites (N-methyl/N-ethyl adjacent to an activating group) is 2. The Labute approximate surface area is 150 Å². The Morgan fingerprint density at radius 1 is 1.16 bits per heavy atom. The van der Waals surface area contributed by atoms with Gasteiger partial charge < -0.3 is 0 Å². The summed E-state index contributed by atoms with van der Waals surface area (Å²) in [6, 6.07) is -0.167. The molecule has 2 atom stereocenters. The third kappa shape index (κ3) is 3.10. The summed E-state index contributed by atoms with van der Waals surface area (Å²) in [6.07, 6.45) is 5.83. The van der Waals surface area contributed by atoms with E-state index >= 15 is 0 Å². The Morgan fingerprint density at radius 3 is 2.60 bits per heavy atom. The van der Waals surface area contributed by atoms with Gasteiger partial charge in [0.2, 0.25) is 0 Å². The van der Waals surface area contributed by atoms with E-state index in [4.69, 9.17) is 4.99 Å². The molecule has 0 saturated carbocycles. The molecular weight excluding hydrogens is 318 g/mol. The topological polar surface area (TPSA) is 59.2 Å². The lowest BCUT2D eigenvalue weighted by Crippen LogP contribution is -2.61. The number of fused-ring (bicyclic) bond motifs is 1. The maximum absolute atomic E-state index is 12.7. The van der Waals surface area contributed by atoms with Gasteiger partial charge in [-0.1, -0.05) is 20.3 Å². The smallest absolute Gasteiger partial charge is 0.289 e. The van der Waals surface area contributed by atoms with Crippen LogP contribution < -0.4 is 0 Å². The summed E-state index contributed by atoms with van der Waals surface area (Å²) in [5.74, 6) is 1.35. The Hall–Kier alpha value is -1.76. The lowest BCUT2D eigenvalue weighted by molar-refractivity contribution is -0.536. The number of rotatable bonds is 5. The maximum atomic E-state index is 12.7. The van der Waals surface area contributed by atoms with Crippen LogP contribution in [0.5, 0.6) is 0 Å². The van der Waals surface area contributed by atoms with Crippen LogP contribution in [0, 0.1) is 0 Å². The van der Waals surface area contributed by atoms with Crippen molar-refractivity contribution in [3.63, 3.8) is 0 Å². The highest BCUT2D eigenvalue weighted by molar-refractivity contribution is 6.23. The van der Waals surface area contributed by atoms with E-state index in [0.29, 0.717) is 11.9 Å². The van der Waals surface area contributed by atoms with Gasteiger partial charge in [0, 0.05) is 20.1 Å². The lowest BCUT2D eigenvalue weighted by atomic mass is 10.00. The van der Waals surface area contributed by atoms with Crippen molar-refractivity contribution in [1.29, 1.82) is 0 Å². The Balaban J connectivity index is 1.92. The zero-order chi connectivity index (χ0) is 18.1. The van der Waals surface area contributed by atoms with Gasteiger partial charge in [0.25, 0.3) is 17.8 Å². The number of amidine groups is 2. The van der Waals surface area contributed by atoms with Gasteiger partial charge >= 0.3 is 11.9 Å². The van der Waals surface area contributed by atoms with Gasteiger partial charge in [0.05, 0.1) is 6.54 Å². The van der Waals surface area contributed by atoms with Crippen LogP contribution in [0.1, 0.15) is 46.0 Å². The number of hydrogen-bond acceptors (Lipinski definition) is 4. The first-order valence-electron chi connectivity index (χ1n) is 9.49. The summed E-state index contributed by atoms with van der Waals surface area (Å²) in [7, 11) is 3.26. The number of likely N-dealkylation sites (tertiary alicyclic amines) is 1. The fraction of sp³-hybridized carbons (Fsp3) is 0.778. The normalized spacial score (nSPS) is 27.9. The summed E-state index contributed by atoms with van der Waals surface area (Å²) in [5.41, 5.74) is 0. The molecule has 2 saturated heterocycles. The van der Waals surface area contributed by atoms with Crippen LogP contribution in [0.15, 0.2) is 4.99 Å². The van der Waals surface area contributed by atoms with Crippen molar-refractivity contribution in [2.24, 2.45) is 4.99 Å². The molecule has 25 heavy (non-hydrogen) atoms. The standard InChI is InChI=1S/C18H30N5O2/c1-5-10-23-14(12-22-11-8-7-9-13(22)6-2)19-16-15(23)17(24)21(4)18(25)20(16)3/h13,15H,5-12H2,1-4H3/q+1. The van der Waals surface area contributed by atoms with Gasteiger partial charge in [-0.3, -0.25) is 19.5 Å². The van der Waals surface area contributed by atoms with Gasteiger partial charge in [-0.25, -0.2) is 9.37 Å². The minimum absolute atomic E-state index is 0.170. The van der Waals surface area contributed by atoms with E-state index in [9.17, 15) is 9.59 Å². The number of aliphatic imine (C=N–C) groups is 1. The van der Waals surface area contributed by atoms with Crippen LogP contribution in [-0.2, 0) is 4.79 Å². The Morgan fingerprint density at radius 2 is 1.92 bits per heavy atom. The third-order valence-corrected chi connectivity index (χ3v) is 5.64. The number of nitrogens with zero attached hydrogens (tertiary/aromatic N) is 5. The molecule has 3 heterocycles. The minimum Gasteiger partial charge on any atom is -0.289 e. The van der Waals surface area contributed by atoms with E-state index in [1.807, 2.05) is 0 Å². The van der Waals surface area contributed by atoms with E-state index in [1.54, 1.807) is 14.1 Å². The molecule has 7 heteroatoms. The second-order valence-electron chi connectivity index (χ2n) is 7.25. The van der Waals surface area contributed by atoms with Crippen molar-refractivity contribution in [2.45, 2.75) is 58.0 Å². The van der Waals surface area contributed by atoms with E-state index in [0.717, 1.165) is 38.3 Å². The van der Waals surface area contributed by atoms with Gasteiger partial charge in [0.1, 0.15) is 6.54 Å². The lowest BCUT2D eigenvalue weighted by Gasteiger charge is -2.34. The van der Waals surface area contributed by atoms with Crippen molar-refractivity contribution in [3.05, 3.63) is 0 Å². The van der Waals surface area contributed by atoms with Crippen LogP contribution >= 0.6 is 0 Å². The van der Waals surface area contributed by atoms with E-state index in [2.05, 4.69) is 23.3 Å². The average Bonchev–Trinajstić information content (AvgIpc) is 2.97. The first kappa shape index (κ1) is 18.0. The molecule has 2 unspecified atom stereocenters. The fourth-order valence-electron chi connectivity index (χ4n) is 4.19. The van der Waals surface area contributed by atoms with Crippen molar-refractivity contribution < 1.29 is 14.2 Å². The van der Waals surface area contributed by atoms with Crippen LogP contribution in [0.4, 0.5) is 4.79 Å². The van der Waals surface area contributed by atoms with Crippen LogP contribution in [0.25, 0.3) is 0 Å².